The smallest absolute Gasteiger partial charge is 0.297 e. The van der Waals surface area contributed by atoms with E-state index in [-0.39, 0.29) is 0 Å². The van der Waals surface area contributed by atoms with Crippen LogP contribution < -0.4 is 10.6 Å². The van der Waals surface area contributed by atoms with Gasteiger partial charge in [0.2, 0.25) is 0 Å². The molecule has 3 rings (SSSR count). The van der Waals surface area contributed by atoms with Crippen LogP contribution in [0, 0.1) is 5.92 Å². The van der Waals surface area contributed by atoms with Gasteiger partial charge in [0.15, 0.2) is 0 Å². The van der Waals surface area contributed by atoms with Crippen molar-refractivity contribution in [3.8, 4) is 0 Å². The molecule has 0 bridgehead atoms. The second kappa shape index (κ2) is 4.69. The summed E-state index contributed by atoms with van der Waals surface area (Å²) >= 11 is 0. The van der Waals surface area contributed by atoms with Crippen LogP contribution in [-0.2, 0) is 6.54 Å². The lowest BCUT2D eigenvalue weighted by Gasteiger charge is -2.27. The molecule has 1 atom stereocenters. The van der Waals surface area contributed by atoms with Gasteiger partial charge in [-0.1, -0.05) is 12.8 Å². The van der Waals surface area contributed by atoms with Gasteiger partial charge in [-0.25, -0.2) is 0 Å². The van der Waals surface area contributed by atoms with Gasteiger partial charge in [-0.2, -0.15) is 4.98 Å². The van der Waals surface area contributed by atoms with Crippen LogP contribution in [0.2, 0.25) is 0 Å². The lowest BCUT2D eigenvalue weighted by Crippen LogP contribution is -2.34. The van der Waals surface area contributed by atoms with Crippen molar-refractivity contribution >= 4 is 6.01 Å². The molecule has 1 aliphatic carbocycles. The predicted octanol–water partition coefficient (Wildman–Crippen LogP) is 2.29. The van der Waals surface area contributed by atoms with Gasteiger partial charge in [0.05, 0.1) is 5.69 Å². The summed E-state index contributed by atoms with van der Waals surface area (Å²) in [5.74, 6) is 0.853. The minimum atomic E-state index is 0.464. The van der Waals surface area contributed by atoms with Crippen LogP contribution in [0.3, 0.4) is 0 Å². The van der Waals surface area contributed by atoms with Gasteiger partial charge in [0, 0.05) is 19.1 Å². The highest BCUT2D eigenvalue weighted by Gasteiger charge is 2.35. The fraction of sp³-hybridized carbons (Fsp3) is 0.769. The van der Waals surface area contributed by atoms with E-state index in [4.69, 9.17) is 10.2 Å². The Hall–Kier alpha value is -1.03. The van der Waals surface area contributed by atoms with E-state index in [0.29, 0.717) is 12.6 Å². The number of nitrogens with zero attached hydrogens (tertiary/aromatic N) is 2. The molecule has 0 aromatic carbocycles. The van der Waals surface area contributed by atoms with Gasteiger partial charge in [-0.05, 0) is 31.6 Å². The number of hydrogen-bond acceptors (Lipinski definition) is 4. The average Bonchev–Trinajstić information content (AvgIpc) is 3.09. The summed E-state index contributed by atoms with van der Waals surface area (Å²) < 4.78 is 5.56. The Labute approximate surface area is 102 Å². The summed E-state index contributed by atoms with van der Waals surface area (Å²) in [5, 5.41) is 0. The Kier molecular flexibility index (Phi) is 3.05. The van der Waals surface area contributed by atoms with E-state index in [1.807, 2.05) is 0 Å². The monoisotopic (exact) mass is 235 g/mol. The molecule has 2 aliphatic rings. The van der Waals surface area contributed by atoms with Gasteiger partial charge in [0.25, 0.3) is 6.01 Å². The fourth-order valence-electron chi connectivity index (χ4n) is 3.38. The molecule has 4 heteroatoms. The molecule has 2 fully saturated rings. The molecule has 1 unspecified atom stereocenters. The summed E-state index contributed by atoms with van der Waals surface area (Å²) in [6.45, 7) is 1.55. The van der Waals surface area contributed by atoms with Crippen LogP contribution in [0.5, 0.6) is 0 Å². The third-order valence-corrected chi connectivity index (χ3v) is 4.24. The molecule has 17 heavy (non-hydrogen) atoms. The maximum atomic E-state index is 5.58. The Morgan fingerprint density at radius 1 is 1.29 bits per heavy atom. The molecule has 4 nitrogen and oxygen atoms in total. The van der Waals surface area contributed by atoms with Gasteiger partial charge >= 0.3 is 0 Å². The lowest BCUT2D eigenvalue weighted by molar-refractivity contribution is 0.409. The van der Waals surface area contributed by atoms with Crippen molar-refractivity contribution in [2.24, 2.45) is 11.7 Å². The van der Waals surface area contributed by atoms with Crippen LogP contribution in [0.25, 0.3) is 0 Å². The first-order chi connectivity index (χ1) is 8.38. The van der Waals surface area contributed by atoms with E-state index in [2.05, 4.69) is 9.88 Å². The predicted molar refractivity (Wildman–Crippen MR) is 66.7 cm³/mol. The molecule has 0 amide bonds. The van der Waals surface area contributed by atoms with Crippen molar-refractivity contribution in [3.63, 3.8) is 0 Å². The van der Waals surface area contributed by atoms with Gasteiger partial charge in [-0.15, -0.1) is 0 Å². The Morgan fingerprint density at radius 3 is 2.82 bits per heavy atom. The first-order valence-corrected chi connectivity index (χ1v) is 6.79. The Balaban J connectivity index is 1.76. The molecule has 1 saturated carbocycles. The molecule has 2 N–H and O–H groups in total. The zero-order valence-electron chi connectivity index (χ0n) is 10.3. The standard InChI is InChI=1S/C13H21N3O/c14-8-11-9-17-13(15-11)16-7-3-6-12(16)10-4-1-2-5-10/h9-10,12H,1-8,14H2. The molecular formula is C13H21N3O. The quantitative estimate of drug-likeness (QED) is 0.873. The number of anilines is 1. The van der Waals surface area contributed by atoms with Gasteiger partial charge in [-0.3, -0.25) is 0 Å². The minimum absolute atomic E-state index is 0.464. The maximum absolute atomic E-state index is 5.58. The van der Waals surface area contributed by atoms with Crippen LogP contribution in [-0.4, -0.2) is 17.6 Å². The van der Waals surface area contributed by atoms with Crippen LogP contribution >= 0.6 is 0 Å². The lowest BCUT2D eigenvalue weighted by atomic mass is 9.96. The van der Waals surface area contributed by atoms with Crippen molar-refractivity contribution in [2.45, 2.75) is 51.1 Å². The molecular weight excluding hydrogens is 214 g/mol. The second-order valence-corrected chi connectivity index (χ2v) is 5.27. The highest BCUT2D eigenvalue weighted by atomic mass is 16.4. The minimum Gasteiger partial charge on any atom is -0.432 e. The van der Waals surface area contributed by atoms with Gasteiger partial charge in [0.1, 0.15) is 6.26 Å². The van der Waals surface area contributed by atoms with Crippen molar-refractivity contribution < 1.29 is 4.42 Å². The Morgan fingerprint density at radius 2 is 2.12 bits per heavy atom. The number of aromatic nitrogens is 1. The fourth-order valence-corrected chi connectivity index (χ4v) is 3.38. The highest BCUT2D eigenvalue weighted by Crippen LogP contribution is 2.37. The van der Waals surface area contributed by atoms with E-state index in [9.17, 15) is 0 Å². The third-order valence-electron chi connectivity index (χ3n) is 4.24. The molecule has 94 valence electrons. The van der Waals surface area contributed by atoms with E-state index in [0.717, 1.165) is 24.2 Å². The third kappa shape index (κ3) is 2.06. The molecule has 1 aliphatic heterocycles. The van der Waals surface area contributed by atoms with E-state index in [1.54, 1.807) is 6.26 Å². The van der Waals surface area contributed by atoms with Crippen LogP contribution in [0.4, 0.5) is 6.01 Å². The summed E-state index contributed by atoms with van der Waals surface area (Å²) in [7, 11) is 0. The first kappa shape index (κ1) is 11.1. The topological polar surface area (TPSA) is 55.3 Å². The van der Waals surface area contributed by atoms with Crippen molar-refractivity contribution in [1.82, 2.24) is 4.98 Å². The van der Waals surface area contributed by atoms with Crippen molar-refractivity contribution in [2.75, 3.05) is 11.4 Å². The van der Waals surface area contributed by atoms with E-state index >= 15 is 0 Å². The molecule has 1 saturated heterocycles. The largest absolute Gasteiger partial charge is 0.432 e. The number of nitrogens with two attached hydrogens (primary N) is 1. The first-order valence-electron chi connectivity index (χ1n) is 6.79. The summed E-state index contributed by atoms with van der Waals surface area (Å²) in [6.07, 6.45) is 9.81. The molecule has 2 heterocycles. The van der Waals surface area contributed by atoms with E-state index in [1.165, 1.54) is 38.5 Å². The number of rotatable bonds is 3. The molecule has 1 aromatic heterocycles. The number of oxazole rings is 1. The Bertz CT molecular complexity index is 370. The van der Waals surface area contributed by atoms with Gasteiger partial charge < -0.3 is 15.1 Å². The zero-order chi connectivity index (χ0) is 11.7. The molecule has 0 radical (unpaired) electrons. The maximum Gasteiger partial charge on any atom is 0.297 e. The highest BCUT2D eigenvalue weighted by molar-refractivity contribution is 5.31. The van der Waals surface area contributed by atoms with Crippen molar-refractivity contribution in [1.29, 1.82) is 0 Å². The van der Waals surface area contributed by atoms with Crippen LogP contribution in [0.1, 0.15) is 44.2 Å². The second-order valence-electron chi connectivity index (χ2n) is 5.27. The summed E-state index contributed by atoms with van der Waals surface area (Å²) in [6, 6.07) is 1.45. The SMILES string of the molecule is NCc1coc(N2CCCC2C2CCCC2)n1. The van der Waals surface area contributed by atoms with E-state index < -0.39 is 0 Å². The normalized spacial score (nSPS) is 25.9. The molecule has 0 spiro atoms. The number of hydrogen-bond donors (Lipinski definition) is 1. The van der Waals surface area contributed by atoms with Crippen molar-refractivity contribution in [3.05, 3.63) is 12.0 Å². The van der Waals surface area contributed by atoms with Crippen LogP contribution in [0.15, 0.2) is 10.7 Å². The summed E-state index contributed by atoms with van der Waals surface area (Å²) in [5.41, 5.74) is 6.44. The summed E-state index contributed by atoms with van der Waals surface area (Å²) in [4.78, 5) is 6.84. The average molecular weight is 235 g/mol. The zero-order valence-corrected chi connectivity index (χ0v) is 10.3. The molecule has 1 aromatic rings.